The number of halogens is 1. The van der Waals surface area contributed by atoms with Crippen LogP contribution in [0.15, 0.2) is 50.7 Å². The third kappa shape index (κ3) is 1.70. The molecule has 3 heterocycles. The maximum absolute atomic E-state index is 12.5. The fraction of sp³-hybridized carbons (Fsp3) is 0.0714. The van der Waals surface area contributed by atoms with Crippen molar-refractivity contribution in [2.75, 3.05) is 0 Å². The molecule has 4 rings (SSSR count). The molecule has 0 atom stereocenters. The number of fused-ring (bicyclic) bond motifs is 2. The van der Waals surface area contributed by atoms with Crippen LogP contribution in [0.2, 0.25) is 0 Å². The monoisotopic (exact) mass is 359 g/mol. The number of benzene rings is 1. The number of rotatable bonds is 1. The van der Waals surface area contributed by atoms with Crippen LogP contribution in [0.3, 0.4) is 0 Å². The molecule has 7 nitrogen and oxygen atoms in total. The Kier molecular flexibility index (Phi) is 2.64. The number of imidazole rings is 2. The SMILES string of the molecule is Cn1c(=O)[nH]c2c(=O)n3ccn(-c4ccc(Br)cc4)c3nc21. The Labute approximate surface area is 131 Å². The van der Waals surface area contributed by atoms with Crippen molar-refractivity contribution in [3.8, 4) is 5.69 Å². The van der Waals surface area contributed by atoms with Gasteiger partial charge in [0, 0.05) is 29.6 Å². The van der Waals surface area contributed by atoms with Crippen molar-refractivity contribution < 1.29 is 0 Å². The van der Waals surface area contributed by atoms with Gasteiger partial charge in [0.1, 0.15) is 0 Å². The van der Waals surface area contributed by atoms with Gasteiger partial charge in [-0.3, -0.25) is 18.9 Å². The lowest BCUT2D eigenvalue weighted by Crippen LogP contribution is -2.15. The van der Waals surface area contributed by atoms with Crippen molar-refractivity contribution in [2.24, 2.45) is 7.05 Å². The van der Waals surface area contributed by atoms with Crippen molar-refractivity contribution in [1.82, 2.24) is 23.5 Å². The summed E-state index contributed by atoms with van der Waals surface area (Å²) >= 11 is 3.39. The Hall–Kier alpha value is -2.61. The predicted molar refractivity (Wildman–Crippen MR) is 85.6 cm³/mol. The summed E-state index contributed by atoms with van der Waals surface area (Å²) in [4.78, 5) is 31.2. The molecule has 0 aliphatic carbocycles. The molecule has 0 saturated carbocycles. The van der Waals surface area contributed by atoms with E-state index in [2.05, 4.69) is 25.9 Å². The van der Waals surface area contributed by atoms with Gasteiger partial charge in [-0.25, -0.2) is 9.20 Å². The zero-order valence-corrected chi connectivity index (χ0v) is 13.0. The second-order valence-electron chi connectivity index (χ2n) is 4.92. The van der Waals surface area contributed by atoms with Gasteiger partial charge in [0.2, 0.25) is 5.78 Å². The van der Waals surface area contributed by atoms with E-state index in [1.807, 2.05) is 24.3 Å². The molecule has 0 spiro atoms. The third-order valence-corrected chi connectivity index (χ3v) is 4.15. The second kappa shape index (κ2) is 4.44. The average molecular weight is 360 g/mol. The summed E-state index contributed by atoms with van der Waals surface area (Å²) < 4.78 is 5.51. The molecule has 0 aliphatic rings. The molecule has 0 fully saturated rings. The first kappa shape index (κ1) is 13.1. The van der Waals surface area contributed by atoms with Gasteiger partial charge < -0.3 is 0 Å². The van der Waals surface area contributed by atoms with Crippen LogP contribution < -0.4 is 11.2 Å². The van der Waals surface area contributed by atoms with Crippen LogP contribution >= 0.6 is 15.9 Å². The van der Waals surface area contributed by atoms with E-state index in [1.165, 1.54) is 8.97 Å². The van der Waals surface area contributed by atoms with E-state index in [0.717, 1.165) is 10.2 Å². The number of aromatic amines is 1. The number of aryl methyl sites for hydroxylation is 1. The quantitative estimate of drug-likeness (QED) is 0.558. The van der Waals surface area contributed by atoms with E-state index < -0.39 is 0 Å². The molecule has 3 aromatic heterocycles. The Morgan fingerprint density at radius 2 is 1.86 bits per heavy atom. The Bertz CT molecular complexity index is 1130. The predicted octanol–water partition coefficient (Wildman–Crippen LogP) is 1.43. The lowest BCUT2D eigenvalue weighted by Gasteiger charge is -2.04. The summed E-state index contributed by atoms with van der Waals surface area (Å²) in [6, 6.07) is 7.65. The number of hydrogen-bond donors (Lipinski definition) is 1. The normalized spacial score (nSPS) is 11.5. The lowest BCUT2D eigenvalue weighted by molar-refractivity contribution is 0.876. The minimum Gasteiger partial charge on any atom is -0.300 e. The van der Waals surface area contributed by atoms with E-state index in [4.69, 9.17) is 0 Å². The van der Waals surface area contributed by atoms with Gasteiger partial charge in [-0.05, 0) is 24.3 Å². The third-order valence-electron chi connectivity index (χ3n) is 3.62. The lowest BCUT2D eigenvalue weighted by atomic mass is 10.3. The number of hydrogen-bond acceptors (Lipinski definition) is 3. The zero-order valence-electron chi connectivity index (χ0n) is 11.4. The minimum absolute atomic E-state index is 0.207. The first-order valence-corrected chi connectivity index (χ1v) is 7.30. The molecule has 4 aromatic rings. The Morgan fingerprint density at radius 1 is 1.14 bits per heavy atom. The maximum Gasteiger partial charge on any atom is 0.327 e. The number of aromatic nitrogens is 5. The average Bonchev–Trinajstić information content (AvgIpc) is 3.05. The largest absolute Gasteiger partial charge is 0.327 e. The standard InChI is InChI=1S/C14H10BrN5O2/c1-18-11-10(16-14(18)22)12(21)20-7-6-19(13(20)17-11)9-4-2-8(15)3-5-9/h2-7H,1H3,(H,16,22). The van der Waals surface area contributed by atoms with E-state index >= 15 is 0 Å². The molecule has 0 unspecified atom stereocenters. The minimum atomic E-state index is -0.358. The van der Waals surface area contributed by atoms with E-state index in [0.29, 0.717) is 11.4 Å². The molecule has 110 valence electrons. The van der Waals surface area contributed by atoms with Crippen molar-refractivity contribution in [2.45, 2.75) is 0 Å². The summed E-state index contributed by atoms with van der Waals surface area (Å²) in [7, 11) is 1.58. The van der Waals surface area contributed by atoms with Crippen molar-refractivity contribution in [3.63, 3.8) is 0 Å². The van der Waals surface area contributed by atoms with Gasteiger partial charge in [0.05, 0.1) is 0 Å². The highest BCUT2D eigenvalue weighted by Crippen LogP contribution is 2.16. The van der Waals surface area contributed by atoms with E-state index in [-0.39, 0.29) is 16.8 Å². The Balaban J connectivity index is 2.12. The molecule has 0 bridgehead atoms. The molecule has 1 aromatic carbocycles. The Morgan fingerprint density at radius 3 is 2.59 bits per heavy atom. The molecule has 22 heavy (non-hydrogen) atoms. The fourth-order valence-corrected chi connectivity index (χ4v) is 2.72. The van der Waals surface area contributed by atoms with Gasteiger partial charge in [0.25, 0.3) is 5.56 Å². The van der Waals surface area contributed by atoms with Gasteiger partial charge >= 0.3 is 5.69 Å². The molecule has 0 aliphatic heterocycles. The number of H-pyrrole nitrogens is 1. The van der Waals surface area contributed by atoms with Crippen LogP contribution in [0, 0.1) is 0 Å². The van der Waals surface area contributed by atoms with Crippen molar-refractivity contribution in [3.05, 3.63) is 62.0 Å². The zero-order chi connectivity index (χ0) is 15.4. The molecular formula is C14H10BrN5O2. The topological polar surface area (TPSA) is 77.1 Å². The summed E-state index contributed by atoms with van der Waals surface area (Å²) in [6.45, 7) is 0. The highest BCUT2D eigenvalue weighted by Gasteiger charge is 2.14. The van der Waals surface area contributed by atoms with Crippen molar-refractivity contribution >= 4 is 32.9 Å². The highest BCUT2D eigenvalue weighted by atomic mass is 79.9. The van der Waals surface area contributed by atoms with Gasteiger partial charge in [0.15, 0.2) is 11.2 Å². The van der Waals surface area contributed by atoms with E-state index in [9.17, 15) is 9.59 Å². The fourth-order valence-electron chi connectivity index (χ4n) is 2.46. The van der Waals surface area contributed by atoms with Crippen LogP contribution in [0.5, 0.6) is 0 Å². The van der Waals surface area contributed by atoms with Crippen molar-refractivity contribution in [1.29, 1.82) is 0 Å². The summed E-state index contributed by atoms with van der Waals surface area (Å²) in [6.07, 6.45) is 3.40. The number of nitrogens with one attached hydrogen (secondary N) is 1. The summed E-state index contributed by atoms with van der Waals surface area (Å²) in [5.74, 6) is 0.453. The summed E-state index contributed by atoms with van der Waals surface area (Å²) in [5.41, 5.74) is 0.764. The second-order valence-corrected chi connectivity index (χ2v) is 5.83. The van der Waals surface area contributed by atoms with Crippen LogP contribution in [0.1, 0.15) is 0 Å². The van der Waals surface area contributed by atoms with Crippen LogP contribution in [-0.4, -0.2) is 23.5 Å². The van der Waals surface area contributed by atoms with Crippen LogP contribution in [0.25, 0.3) is 22.6 Å². The van der Waals surface area contributed by atoms with Gasteiger partial charge in [-0.15, -0.1) is 0 Å². The molecule has 1 N–H and O–H groups in total. The maximum atomic E-state index is 12.5. The first-order valence-electron chi connectivity index (χ1n) is 6.50. The highest BCUT2D eigenvalue weighted by molar-refractivity contribution is 9.10. The molecule has 8 heteroatoms. The molecule has 0 radical (unpaired) electrons. The number of nitrogens with zero attached hydrogens (tertiary/aromatic N) is 4. The molecule has 0 amide bonds. The van der Waals surface area contributed by atoms with E-state index in [1.54, 1.807) is 24.0 Å². The molecule has 0 saturated heterocycles. The van der Waals surface area contributed by atoms with Gasteiger partial charge in [-0.2, -0.15) is 4.98 Å². The first-order chi connectivity index (χ1) is 10.6. The smallest absolute Gasteiger partial charge is 0.300 e. The van der Waals surface area contributed by atoms with Crippen LogP contribution in [-0.2, 0) is 7.05 Å². The van der Waals surface area contributed by atoms with Gasteiger partial charge in [-0.1, -0.05) is 15.9 Å². The molecular weight excluding hydrogens is 350 g/mol. The summed E-state index contributed by atoms with van der Waals surface area (Å²) in [5, 5.41) is 0. The van der Waals surface area contributed by atoms with Crippen LogP contribution in [0.4, 0.5) is 0 Å².